The molecule has 2 rings (SSSR count). The summed E-state index contributed by atoms with van der Waals surface area (Å²) >= 11 is 17.5. The smallest absolute Gasteiger partial charge is 0.230 e. The van der Waals surface area contributed by atoms with Crippen molar-refractivity contribution in [2.75, 3.05) is 5.32 Å². The Balaban J connectivity index is 2.05. The lowest BCUT2D eigenvalue weighted by Gasteiger charge is -2.06. The van der Waals surface area contributed by atoms with Crippen LogP contribution in [0.15, 0.2) is 18.2 Å². The van der Waals surface area contributed by atoms with Crippen molar-refractivity contribution in [2.24, 2.45) is 5.92 Å². The van der Waals surface area contributed by atoms with Crippen LogP contribution in [-0.4, -0.2) is 10.2 Å². The average Bonchev–Trinajstić information content (AvgIpc) is 2.82. The van der Waals surface area contributed by atoms with Crippen molar-refractivity contribution < 1.29 is 4.79 Å². The van der Waals surface area contributed by atoms with Gasteiger partial charge < -0.3 is 5.32 Å². The first-order valence-electron chi connectivity index (χ1n) is 4.85. The van der Waals surface area contributed by atoms with Crippen molar-refractivity contribution in [1.29, 1.82) is 0 Å². The minimum atomic E-state index is -0.883. The SMILES string of the molecule is Cc1cc(NC(=O)C2CC2(Cl)Cl)ccc1Cl. The van der Waals surface area contributed by atoms with Crippen molar-refractivity contribution >= 4 is 46.4 Å². The number of anilines is 1. The number of amides is 1. The predicted molar refractivity (Wildman–Crippen MR) is 67.4 cm³/mol. The summed E-state index contributed by atoms with van der Waals surface area (Å²) in [6.07, 6.45) is 0.508. The molecule has 2 nitrogen and oxygen atoms in total. The van der Waals surface area contributed by atoms with Crippen LogP contribution in [0.4, 0.5) is 5.69 Å². The Morgan fingerprint density at radius 2 is 2.12 bits per heavy atom. The van der Waals surface area contributed by atoms with Gasteiger partial charge in [-0.05, 0) is 37.1 Å². The number of hydrogen-bond donors (Lipinski definition) is 1. The van der Waals surface area contributed by atoms with E-state index in [9.17, 15) is 4.79 Å². The molecular formula is C11H10Cl3NO. The van der Waals surface area contributed by atoms with Gasteiger partial charge in [-0.25, -0.2) is 0 Å². The summed E-state index contributed by atoms with van der Waals surface area (Å²) in [5.41, 5.74) is 1.63. The highest BCUT2D eigenvalue weighted by Gasteiger charge is 2.56. The summed E-state index contributed by atoms with van der Waals surface area (Å²) < 4.78 is -0.883. The molecule has 5 heteroatoms. The summed E-state index contributed by atoms with van der Waals surface area (Å²) in [4.78, 5) is 11.7. The molecule has 1 aromatic rings. The van der Waals surface area contributed by atoms with Crippen molar-refractivity contribution in [3.63, 3.8) is 0 Å². The Bertz CT molecular complexity index is 445. The third-order valence-electron chi connectivity index (χ3n) is 2.57. The molecule has 0 heterocycles. The van der Waals surface area contributed by atoms with Crippen molar-refractivity contribution in [3.8, 4) is 0 Å². The zero-order valence-corrected chi connectivity index (χ0v) is 10.8. The number of alkyl halides is 2. The van der Waals surface area contributed by atoms with Gasteiger partial charge in [0, 0.05) is 10.7 Å². The molecule has 0 spiro atoms. The van der Waals surface area contributed by atoms with Crippen LogP contribution in [0.2, 0.25) is 5.02 Å². The van der Waals surface area contributed by atoms with E-state index in [4.69, 9.17) is 34.8 Å². The first-order chi connectivity index (χ1) is 7.40. The number of aryl methyl sites for hydroxylation is 1. The Hall–Kier alpha value is -0.440. The van der Waals surface area contributed by atoms with Crippen molar-refractivity contribution in [2.45, 2.75) is 17.7 Å². The van der Waals surface area contributed by atoms with Crippen LogP contribution in [0, 0.1) is 12.8 Å². The molecule has 0 aliphatic heterocycles. The number of carbonyl (C=O) groups excluding carboxylic acids is 1. The van der Waals surface area contributed by atoms with Gasteiger partial charge in [-0.3, -0.25) is 4.79 Å². The van der Waals surface area contributed by atoms with Crippen LogP contribution in [-0.2, 0) is 4.79 Å². The van der Waals surface area contributed by atoms with Crippen LogP contribution in [0.5, 0.6) is 0 Å². The molecule has 1 atom stereocenters. The van der Waals surface area contributed by atoms with Gasteiger partial charge in [-0.2, -0.15) is 0 Å². The molecule has 1 aliphatic carbocycles. The molecule has 1 aliphatic rings. The number of nitrogens with one attached hydrogen (secondary N) is 1. The molecule has 1 fully saturated rings. The molecule has 1 saturated carbocycles. The number of rotatable bonds is 2. The second kappa shape index (κ2) is 4.10. The fourth-order valence-electron chi connectivity index (χ4n) is 1.45. The Kier molecular flexibility index (Phi) is 3.08. The van der Waals surface area contributed by atoms with Gasteiger partial charge in [-0.1, -0.05) is 11.6 Å². The van der Waals surface area contributed by atoms with E-state index in [0.717, 1.165) is 5.56 Å². The molecule has 1 amide bonds. The molecule has 0 bridgehead atoms. The molecule has 0 aromatic heterocycles. The van der Waals surface area contributed by atoms with Crippen LogP contribution in [0.1, 0.15) is 12.0 Å². The fraction of sp³-hybridized carbons (Fsp3) is 0.364. The van der Waals surface area contributed by atoms with Crippen LogP contribution in [0.3, 0.4) is 0 Å². The maximum Gasteiger partial charge on any atom is 0.230 e. The Labute approximate surface area is 109 Å². The predicted octanol–water partition coefficient (Wildman–Crippen LogP) is 3.78. The highest BCUT2D eigenvalue weighted by molar-refractivity contribution is 6.52. The normalized spacial score (nSPS) is 21.6. The second-order valence-electron chi connectivity index (χ2n) is 3.97. The Morgan fingerprint density at radius 1 is 1.50 bits per heavy atom. The summed E-state index contributed by atoms with van der Waals surface area (Å²) in [7, 11) is 0. The summed E-state index contributed by atoms with van der Waals surface area (Å²) in [5.74, 6) is -0.460. The molecular weight excluding hydrogens is 268 g/mol. The van der Waals surface area contributed by atoms with Crippen LogP contribution in [0.25, 0.3) is 0 Å². The van der Waals surface area contributed by atoms with Crippen molar-refractivity contribution in [3.05, 3.63) is 28.8 Å². The minimum Gasteiger partial charge on any atom is -0.326 e. The summed E-state index contributed by atoms with van der Waals surface area (Å²) in [5, 5.41) is 3.44. The Morgan fingerprint density at radius 3 is 2.62 bits per heavy atom. The topological polar surface area (TPSA) is 29.1 Å². The minimum absolute atomic E-state index is 0.147. The van der Waals surface area contributed by atoms with E-state index in [-0.39, 0.29) is 11.8 Å². The van der Waals surface area contributed by atoms with Crippen molar-refractivity contribution in [1.82, 2.24) is 0 Å². The lowest BCUT2D eigenvalue weighted by Crippen LogP contribution is -2.16. The van der Waals surface area contributed by atoms with Gasteiger partial charge >= 0.3 is 0 Å². The van der Waals surface area contributed by atoms with E-state index in [1.54, 1.807) is 12.1 Å². The van der Waals surface area contributed by atoms with Gasteiger partial charge in [-0.15, -0.1) is 23.2 Å². The largest absolute Gasteiger partial charge is 0.326 e. The highest BCUT2D eigenvalue weighted by atomic mass is 35.5. The zero-order chi connectivity index (χ0) is 11.9. The van der Waals surface area contributed by atoms with Crippen LogP contribution >= 0.6 is 34.8 Å². The standard InChI is InChI=1S/C11H10Cl3NO/c1-6-4-7(2-3-9(6)12)15-10(16)8-5-11(8,13)14/h2-4,8H,5H2,1H3,(H,15,16). The molecule has 1 N–H and O–H groups in total. The van der Waals surface area contributed by atoms with E-state index >= 15 is 0 Å². The average molecular weight is 279 g/mol. The fourth-order valence-corrected chi connectivity index (χ4v) is 2.07. The number of hydrogen-bond acceptors (Lipinski definition) is 1. The number of carbonyl (C=O) groups is 1. The monoisotopic (exact) mass is 277 g/mol. The highest BCUT2D eigenvalue weighted by Crippen LogP contribution is 2.53. The number of halogens is 3. The van der Waals surface area contributed by atoms with Gasteiger partial charge in [0.15, 0.2) is 0 Å². The van der Waals surface area contributed by atoms with E-state index in [0.29, 0.717) is 17.1 Å². The lowest BCUT2D eigenvalue weighted by atomic mass is 10.2. The molecule has 0 saturated heterocycles. The van der Waals surface area contributed by atoms with Gasteiger partial charge in [0.05, 0.1) is 5.92 Å². The first kappa shape index (κ1) is 12.0. The quantitative estimate of drug-likeness (QED) is 0.820. The maximum atomic E-state index is 11.7. The summed E-state index contributed by atoms with van der Waals surface area (Å²) in [6, 6.07) is 5.31. The third kappa shape index (κ3) is 2.45. The zero-order valence-electron chi connectivity index (χ0n) is 8.56. The first-order valence-corrected chi connectivity index (χ1v) is 5.98. The van der Waals surface area contributed by atoms with E-state index < -0.39 is 4.33 Å². The molecule has 1 aromatic carbocycles. The molecule has 86 valence electrons. The second-order valence-corrected chi connectivity index (χ2v) is 5.92. The molecule has 0 radical (unpaired) electrons. The van der Waals surface area contributed by atoms with Gasteiger partial charge in [0.25, 0.3) is 0 Å². The van der Waals surface area contributed by atoms with E-state index in [1.807, 2.05) is 13.0 Å². The number of benzene rings is 1. The lowest BCUT2D eigenvalue weighted by molar-refractivity contribution is -0.117. The van der Waals surface area contributed by atoms with E-state index in [2.05, 4.69) is 5.32 Å². The van der Waals surface area contributed by atoms with E-state index in [1.165, 1.54) is 0 Å². The third-order valence-corrected chi connectivity index (χ3v) is 3.83. The van der Waals surface area contributed by atoms with Crippen LogP contribution < -0.4 is 5.32 Å². The van der Waals surface area contributed by atoms with Gasteiger partial charge in [0.1, 0.15) is 4.33 Å². The van der Waals surface area contributed by atoms with Gasteiger partial charge in [0.2, 0.25) is 5.91 Å². The molecule has 16 heavy (non-hydrogen) atoms. The maximum absolute atomic E-state index is 11.7. The molecule has 1 unspecified atom stereocenters. The summed E-state index contributed by atoms with van der Waals surface area (Å²) in [6.45, 7) is 1.88.